The van der Waals surface area contributed by atoms with Crippen LogP contribution < -0.4 is 5.73 Å². The van der Waals surface area contributed by atoms with Crippen LogP contribution in [-0.4, -0.2) is 32.7 Å². The summed E-state index contributed by atoms with van der Waals surface area (Å²) in [6, 6.07) is 13.2. The average Bonchev–Trinajstić information content (AvgIpc) is 3.04. The number of hydrogen-bond acceptors (Lipinski definition) is 5. The third-order valence-corrected chi connectivity index (χ3v) is 4.20. The molecule has 0 spiro atoms. The van der Waals surface area contributed by atoms with Crippen molar-refractivity contribution in [1.29, 1.82) is 0 Å². The fraction of sp³-hybridized carbons (Fsp3) is 0.0625. The Hall–Kier alpha value is -2.80. The minimum atomic E-state index is -0.704. The van der Waals surface area contributed by atoms with Crippen LogP contribution >= 0.6 is 11.8 Å². The maximum Gasteiger partial charge on any atom is 0.271 e. The van der Waals surface area contributed by atoms with Crippen LogP contribution in [0.1, 0.15) is 10.5 Å². The lowest BCUT2D eigenvalue weighted by molar-refractivity contribution is 0.0996. The Morgan fingerprint density at radius 2 is 1.83 bits per heavy atom. The van der Waals surface area contributed by atoms with E-state index in [1.165, 1.54) is 4.90 Å². The van der Waals surface area contributed by atoms with E-state index in [1.54, 1.807) is 23.9 Å². The summed E-state index contributed by atoms with van der Waals surface area (Å²) in [7, 11) is 0. The number of amides is 1. The van der Waals surface area contributed by atoms with E-state index in [-0.39, 0.29) is 17.1 Å². The van der Waals surface area contributed by atoms with Crippen molar-refractivity contribution in [3.8, 4) is 28.1 Å². The van der Waals surface area contributed by atoms with Gasteiger partial charge in [-0.25, -0.2) is 0 Å². The minimum absolute atomic E-state index is 0.00243. The van der Waals surface area contributed by atoms with Gasteiger partial charge in [0, 0.05) is 10.5 Å². The van der Waals surface area contributed by atoms with Crippen LogP contribution in [-0.2, 0) is 0 Å². The lowest BCUT2D eigenvalue weighted by Gasteiger charge is -2.07. The van der Waals surface area contributed by atoms with E-state index in [1.807, 2.05) is 36.6 Å². The van der Waals surface area contributed by atoms with Crippen molar-refractivity contribution in [1.82, 2.24) is 15.4 Å². The van der Waals surface area contributed by atoms with E-state index in [2.05, 4.69) is 15.4 Å². The van der Waals surface area contributed by atoms with Gasteiger partial charge in [-0.2, -0.15) is 15.4 Å². The molecule has 2 aromatic carbocycles. The highest BCUT2D eigenvalue weighted by Crippen LogP contribution is 2.33. The van der Waals surface area contributed by atoms with Crippen LogP contribution in [0, 0.1) is 0 Å². The zero-order valence-electron chi connectivity index (χ0n) is 12.3. The number of thioether (sulfide) groups is 1. The summed E-state index contributed by atoms with van der Waals surface area (Å²) in [6.45, 7) is 0. The number of rotatable bonds is 4. The third-order valence-electron chi connectivity index (χ3n) is 3.46. The molecule has 1 heterocycles. The van der Waals surface area contributed by atoms with Crippen LogP contribution in [0.25, 0.3) is 22.4 Å². The molecule has 0 atom stereocenters. The molecular weight excluding hydrogens is 312 g/mol. The fourth-order valence-electron chi connectivity index (χ4n) is 2.29. The largest absolute Gasteiger partial charge is 0.507 e. The predicted molar refractivity (Wildman–Crippen MR) is 89.2 cm³/mol. The number of hydrogen-bond donors (Lipinski definition) is 3. The fourth-order valence-corrected chi connectivity index (χ4v) is 2.69. The van der Waals surface area contributed by atoms with Crippen molar-refractivity contribution in [2.75, 3.05) is 6.26 Å². The van der Waals surface area contributed by atoms with Crippen molar-refractivity contribution in [3.63, 3.8) is 0 Å². The van der Waals surface area contributed by atoms with Crippen molar-refractivity contribution < 1.29 is 9.90 Å². The predicted octanol–water partition coefficient (Wildman–Crippen LogP) is 2.67. The molecule has 0 radical (unpaired) electrons. The summed E-state index contributed by atoms with van der Waals surface area (Å²) in [5, 5.41) is 20.2. The molecule has 116 valence electrons. The van der Waals surface area contributed by atoms with E-state index in [4.69, 9.17) is 5.73 Å². The molecular formula is C16H14N4O2S. The second-order valence-corrected chi connectivity index (χ2v) is 5.73. The van der Waals surface area contributed by atoms with E-state index < -0.39 is 5.91 Å². The van der Waals surface area contributed by atoms with Gasteiger partial charge in [0.1, 0.15) is 11.4 Å². The highest BCUT2D eigenvalue weighted by Gasteiger charge is 2.18. The molecule has 0 aliphatic rings. The zero-order valence-corrected chi connectivity index (χ0v) is 13.1. The number of nitrogens with two attached hydrogens (primary N) is 1. The third kappa shape index (κ3) is 2.91. The number of aromatic nitrogens is 3. The Morgan fingerprint density at radius 1 is 1.13 bits per heavy atom. The van der Waals surface area contributed by atoms with Crippen LogP contribution in [0.15, 0.2) is 47.4 Å². The Labute approximate surface area is 136 Å². The van der Waals surface area contributed by atoms with Crippen molar-refractivity contribution >= 4 is 17.7 Å². The van der Waals surface area contributed by atoms with Crippen molar-refractivity contribution in [3.05, 3.63) is 48.2 Å². The summed E-state index contributed by atoms with van der Waals surface area (Å²) in [5.74, 6) is -0.697. The van der Waals surface area contributed by atoms with E-state index in [9.17, 15) is 9.90 Å². The molecule has 0 fully saturated rings. The first-order chi connectivity index (χ1) is 11.1. The SMILES string of the molecule is CSc1ccc(-c2ccc(-c3n[nH]nc3C(N)=O)c(O)c2)cc1. The lowest BCUT2D eigenvalue weighted by atomic mass is 10.0. The van der Waals surface area contributed by atoms with E-state index >= 15 is 0 Å². The van der Waals surface area contributed by atoms with Crippen molar-refractivity contribution in [2.24, 2.45) is 5.73 Å². The molecule has 1 aromatic heterocycles. The number of H-pyrrole nitrogens is 1. The first-order valence-corrected chi connectivity index (χ1v) is 8.01. The van der Waals surface area contributed by atoms with Gasteiger partial charge in [-0.1, -0.05) is 18.2 Å². The molecule has 23 heavy (non-hydrogen) atoms. The number of aromatic hydroxyl groups is 1. The molecule has 0 bridgehead atoms. The molecule has 0 unspecified atom stereocenters. The number of phenols is 1. The van der Waals surface area contributed by atoms with Gasteiger partial charge >= 0.3 is 0 Å². The molecule has 3 rings (SSSR count). The van der Waals surface area contributed by atoms with E-state index in [0.29, 0.717) is 5.56 Å². The number of aromatic amines is 1. The molecule has 0 saturated heterocycles. The zero-order chi connectivity index (χ0) is 16.4. The van der Waals surface area contributed by atoms with Gasteiger partial charge < -0.3 is 10.8 Å². The number of benzene rings is 2. The van der Waals surface area contributed by atoms with Gasteiger partial charge in [0.15, 0.2) is 5.69 Å². The van der Waals surface area contributed by atoms with Gasteiger partial charge in [0.25, 0.3) is 5.91 Å². The average molecular weight is 326 g/mol. The summed E-state index contributed by atoms with van der Waals surface area (Å²) >= 11 is 1.67. The highest BCUT2D eigenvalue weighted by molar-refractivity contribution is 7.98. The molecule has 1 amide bonds. The summed E-state index contributed by atoms with van der Waals surface area (Å²) < 4.78 is 0. The first kappa shape index (κ1) is 15.1. The number of carbonyl (C=O) groups is 1. The Bertz CT molecular complexity index is 859. The van der Waals surface area contributed by atoms with Gasteiger partial charge in [-0.3, -0.25) is 4.79 Å². The van der Waals surface area contributed by atoms with Gasteiger partial charge in [-0.15, -0.1) is 11.8 Å². The molecule has 7 heteroatoms. The summed E-state index contributed by atoms with van der Waals surface area (Å²) in [6.07, 6.45) is 2.02. The second-order valence-electron chi connectivity index (χ2n) is 4.85. The van der Waals surface area contributed by atoms with Crippen LogP contribution in [0.2, 0.25) is 0 Å². The lowest BCUT2D eigenvalue weighted by Crippen LogP contribution is -2.12. The molecule has 3 aromatic rings. The maximum atomic E-state index is 11.3. The Balaban J connectivity index is 2.00. The standard InChI is InChI=1S/C16H14N4O2S/c1-23-11-5-2-9(3-6-11)10-4-7-12(13(21)8-10)14-15(16(17)22)19-20-18-14/h2-8,21H,1H3,(H2,17,22)(H,18,19,20). The molecule has 0 aliphatic heterocycles. The van der Waals surface area contributed by atoms with Crippen LogP contribution in [0.5, 0.6) is 5.75 Å². The number of carbonyl (C=O) groups excluding carboxylic acids is 1. The molecule has 4 N–H and O–H groups in total. The second kappa shape index (κ2) is 6.13. The van der Waals surface area contributed by atoms with Gasteiger partial charge in [-0.05, 0) is 41.6 Å². The normalized spacial score (nSPS) is 10.7. The summed E-state index contributed by atoms with van der Waals surface area (Å²) in [4.78, 5) is 12.5. The number of phenolic OH excluding ortho intramolecular Hbond substituents is 1. The minimum Gasteiger partial charge on any atom is -0.507 e. The maximum absolute atomic E-state index is 11.3. The molecule has 6 nitrogen and oxygen atoms in total. The highest BCUT2D eigenvalue weighted by atomic mass is 32.2. The smallest absolute Gasteiger partial charge is 0.271 e. The Morgan fingerprint density at radius 3 is 2.43 bits per heavy atom. The van der Waals surface area contributed by atoms with Gasteiger partial charge in [0.05, 0.1) is 0 Å². The monoisotopic (exact) mass is 326 g/mol. The molecule has 0 saturated carbocycles. The van der Waals surface area contributed by atoms with Crippen LogP contribution in [0.3, 0.4) is 0 Å². The van der Waals surface area contributed by atoms with Crippen molar-refractivity contribution in [2.45, 2.75) is 4.90 Å². The Kier molecular flexibility index (Phi) is 4.03. The van der Waals surface area contributed by atoms with Crippen LogP contribution in [0.4, 0.5) is 0 Å². The molecule has 0 aliphatic carbocycles. The summed E-state index contributed by atoms with van der Waals surface area (Å²) in [5.41, 5.74) is 7.73. The topological polar surface area (TPSA) is 105 Å². The van der Waals surface area contributed by atoms with E-state index in [0.717, 1.165) is 11.1 Å². The quantitative estimate of drug-likeness (QED) is 0.639. The van der Waals surface area contributed by atoms with Gasteiger partial charge in [0.2, 0.25) is 0 Å². The number of primary amides is 1. The first-order valence-electron chi connectivity index (χ1n) is 6.78. The number of nitrogens with zero attached hydrogens (tertiary/aromatic N) is 2. The number of nitrogens with one attached hydrogen (secondary N) is 1.